The second kappa shape index (κ2) is 4.50. The second-order valence-electron chi connectivity index (χ2n) is 2.91. The van der Waals surface area contributed by atoms with Gasteiger partial charge in [-0.3, -0.25) is 10.2 Å². The number of nitrogens with zero attached hydrogens (tertiary/aromatic N) is 2. The molecule has 0 bridgehead atoms. The molecule has 1 N–H and O–H groups in total. The molecule has 0 unspecified atom stereocenters. The summed E-state index contributed by atoms with van der Waals surface area (Å²) >= 11 is 1.41. The number of aromatic nitrogens is 1. The van der Waals surface area contributed by atoms with Gasteiger partial charge in [-0.15, -0.1) is 11.3 Å². The van der Waals surface area contributed by atoms with Crippen LogP contribution in [0.1, 0.15) is 10.5 Å². The summed E-state index contributed by atoms with van der Waals surface area (Å²) in [5, 5.41) is 3.58. The van der Waals surface area contributed by atoms with E-state index in [-0.39, 0.29) is 5.91 Å². The number of ether oxygens (including phenoxy) is 1. The van der Waals surface area contributed by atoms with Gasteiger partial charge in [0, 0.05) is 18.5 Å². The minimum absolute atomic E-state index is 0.145. The van der Waals surface area contributed by atoms with Crippen molar-refractivity contribution in [2.24, 2.45) is 0 Å². The van der Waals surface area contributed by atoms with Gasteiger partial charge >= 0.3 is 0 Å². The first-order chi connectivity index (χ1) is 6.86. The van der Waals surface area contributed by atoms with Crippen molar-refractivity contribution in [1.29, 1.82) is 0 Å². The molecule has 0 spiro atoms. The van der Waals surface area contributed by atoms with Crippen molar-refractivity contribution < 1.29 is 9.53 Å². The smallest absolute Gasteiger partial charge is 0.285 e. The van der Waals surface area contributed by atoms with Crippen LogP contribution in [-0.2, 0) is 4.74 Å². The van der Waals surface area contributed by atoms with Crippen LogP contribution >= 0.6 is 11.3 Å². The maximum atomic E-state index is 11.5. The van der Waals surface area contributed by atoms with Crippen LogP contribution in [0, 0.1) is 0 Å². The maximum Gasteiger partial charge on any atom is 0.285 e. The lowest BCUT2D eigenvalue weighted by molar-refractivity contribution is 0.0125. The minimum atomic E-state index is -0.145. The molecule has 1 amide bonds. The summed E-state index contributed by atoms with van der Waals surface area (Å²) in [6.07, 6.45) is 0. The number of thiazole rings is 1. The van der Waals surface area contributed by atoms with E-state index in [0.717, 1.165) is 13.1 Å². The maximum absolute atomic E-state index is 11.5. The largest absolute Gasteiger partial charge is 0.379 e. The molecule has 1 aromatic rings. The summed E-state index contributed by atoms with van der Waals surface area (Å²) in [6.45, 7) is 2.79. The Hall–Kier alpha value is -0.980. The van der Waals surface area contributed by atoms with Gasteiger partial charge in [0.15, 0.2) is 0 Å². The molecule has 2 heterocycles. The Morgan fingerprint density at radius 2 is 2.36 bits per heavy atom. The first kappa shape index (κ1) is 9.57. The number of hydrogen-bond acceptors (Lipinski definition) is 5. The third-order valence-corrected chi connectivity index (χ3v) is 2.52. The molecule has 0 aromatic carbocycles. The number of amides is 1. The van der Waals surface area contributed by atoms with Gasteiger partial charge in [-0.05, 0) is 0 Å². The van der Waals surface area contributed by atoms with Gasteiger partial charge in [-0.25, -0.2) is 9.99 Å². The Bertz CT molecular complexity index is 296. The first-order valence-electron chi connectivity index (χ1n) is 4.38. The number of morpholine rings is 1. The highest BCUT2D eigenvalue weighted by Gasteiger charge is 2.14. The predicted octanol–water partition coefficient (Wildman–Crippen LogP) is 0.120. The molecule has 1 aliphatic rings. The van der Waals surface area contributed by atoms with Gasteiger partial charge in [0.1, 0.15) is 5.69 Å². The molecule has 76 valence electrons. The zero-order valence-electron chi connectivity index (χ0n) is 7.60. The molecule has 1 fully saturated rings. The SMILES string of the molecule is O=C(NN1CCOCC1)c1cscn1. The van der Waals surface area contributed by atoms with Crippen molar-refractivity contribution in [3.05, 3.63) is 16.6 Å². The Balaban J connectivity index is 1.87. The average Bonchev–Trinajstić information content (AvgIpc) is 2.72. The Morgan fingerprint density at radius 1 is 1.57 bits per heavy atom. The van der Waals surface area contributed by atoms with Gasteiger partial charge in [-0.1, -0.05) is 0 Å². The van der Waals surface area contributed by atoms with Crippen LogP contribution in [0.2, 0.25) is 0 Å². The van der Waals surface area contributed by atoms with E-state index in [1.165, 1.54) is 11.3 Å². The fourth-order valence-electron chi connectivity index (χ4n) is 1.20. The van der Waals surface area contributed by atoms with Crippen LogP contribution in [0.15, 0.2) is 10.9 Å². The van der Waals surface area contributed by atoms with Crippen molar-refractivity contribution in [3.63, 3.8) is 0 Å². The standard InChI is InChI=1S/C8H11N3O2S/c12-8(7-5-14-6-9-7)10-11-1-3-13-4-2-11/h5-6H,1-4H2,(H,10,12). The number of rotatable bonds is 2. The fraction of sp³-hybridized carbons (Fsp3) is 0.500. The molecule has 1 aromatic heterocycles. The average molecular weight is 213 g/mol. The highest BCUT2D eigenvalue weighted by molar-refractivity contribution is 7.07. The van der Waals surface area contributed by atoms with Crippen molar-refractivity contribution in [2.75, 3.05) is 26.3 Å². The molecule has 2 rings (SSSR count). The van der Waals surface area contributed by atoms with E-state index in [4.69, 9.17) is 4.74 Å². The molecule has 1 saturated heterocycles. The zero-order chi connectivity index (χ0) is 9.80. The molecular weight excluding hydrogens is 202 g/mol. The molecule has 0 atom stereocenters. The van der Waals surface area contributed by atoms with Crippen LogP contribution in [0.25, 0.3) is 0 Å². The van der Waals surface area contributed by atoms with E-state index in [1.54, 1.807) is 10.9 Å². The zero-order valence-corrected chi connectivity index (χ0v) is 8.42. The van der Waals surface area contributed by atoms with E-state index in [2.05, 4.69) is 10.4 Å². The molecular formula is C8H11N3O2S. The highest BCUT2D eigenvalue weighted by Crippen LogP contribution is 2.01. The van der Waals surface area contributed by atoms with E-state index < -0.39 is 0 Å². The lowest BCUT2D eigenvalue weighted by Gasteiger charge is -2.26. The summed E-state index contributed by atoms with van der Waals surface area (Å²) in [7, 11) is 0. The fourth-order valence-corrected chi connectivity index (χ4v) is 1.73. The topological polar surface area (TPSA) is 54.5 Å². The summed E-state index contributed by atoms with van der Waals surface area (Å²) in [5.74, 6) is -0.145. The van der Waals surface area contributed by atoms with Crippen molar-refractivity contribution in [3.8, 4) is 0 Å². The van der Waals surface area contributed by atoms with Crippen LogP contribution in [-0.4, -0.2) is 42.2 Å². The van der Waals surface area contributed by atoms with Crippen molar-refractivity contribution in [1.82, 2.24) is 15.4 Å². The summed E-state index contributed by atoms with van der Waals surface area (Å²) in [6, 6.07) is 0. The van der Waals surface area contributed by atoms with Crippen molar-refractivity contribution in [2.45, 2.75) is 0 Å². The van der Waals surface area contributed by atoms with Crippen LogP contribution in [0.3, 0.4) is 0 Å². The van der Waals surface area contributed by atoms with E-state index in [1.807, 2.05) is 5.01 Å². The lowest BCUT2D eigenvalue weighted by atomic mass is 10.4. The Labute approximate surface area is 85.7 Å². The third kappa shape index (κ3) is 2.28. The van der Waals surface area contributed by atoms with Gasteiger partial charge in [-0.2, -0.15) is 0 Å². The molecule has 0 radical (unpaired) electrons. The number of hydrazine groups is 1. The van der Waals surface area contributed by atoms with Gasteiger partial charge in [0.25, 0.3) is 5.91 Å². The van der Waals surface area contributed by atoms with Crippen molar-refractivity contribution >= 4 is 17.2 Å². The minimum Gasteiger partial charge on any atom is -0.379 e. The molecule has 5 nitrogen and oxygen atoms in total. The Kier molecular flexibility index (Phi) is 3.07. The molecule has 14 heavy (non-hydrogen) atoms. The first-order valence-corrected chi connectivity index (χ1v) is 5.32. The van der Waals surface area contributed by atoms with Crippen LogP contribution < -0.4 is 5.43 Å². The van der Waals surface area contributed by atoms with E-state index >= 15 is 0 Å². The number of carbonyl (C=O) groups is 1. The molecule has 0 saturated carbocycles. The molecule has 1 aliphatic heterocycles. The monoisotopic (exact) mass is 213 g/mol. The highest BCUT2D eigenvalue weighted by atomic mass is 32.1. The van der Waals surface area contributed by atoms with Gasteiger partial charge in [0.05, 0.1) is 18.7 Å². The second-order valence-corrected chi connectivity index (χ2v) is 3.63. The summed E-state index contributed by atoms with van der Waals surface area (Å²) < 4.78 is 5.17. The molecule has 0 aliphatic carbocycles. The Morgan fingerprint density at radius 3 is 3.00 bits per heavy atom. The van der Waals surface area contributed by atoms with Gasteiger partial charge < -0.3 is 4.74 Å². The van der Waals surface area contributed by atoms with E-state index in [9.17, 15) is 4.79 Å². The van der Waals surface area contributed by atoms with Gasteiger partial charge in [0.2, 0.25) is 0 Å². The number of carbonyl (C=O) groups excluding carboxylic acids is 1. The normalized spacial score (nSPS) is 18.0. The summed E-state index contributed by atoms with van der Waals surface area (Å²) in [4.78, 5) is 15.5. The molecule has 6 heteroatoms. The van der Waals surface area contributed by atoms with Crippen LogP contribution in [0.5, 0.6) is 0 Å². The third-order valence-electron chi connectivity index (χ3n) is 1.94. The predicted molar refractivity (Wildman–Crippen MR) is 52.0 cm³/mol. The van der Waals surface area contributed by atoms with E-state index in [0.29, 0.717) is 18.9 Å². The summed E-state index contributed by atoms with van der Waals surface area (Å²) in [5.41, 5.74) is 4.90. The van der Waals surface area contributed by atoms with Crippen LogP contribution in [0.4, 0.5) is 0 Å². The number of hydrogen-bond donors (Lipinski definition) is 1. The quantitative estimate of drug-likeness (QED) is 0.758. The lowest BCUT2D eigenvalue weighted by Crippen LogP contribution is -2.48. The number of nitrogens with one attached hydrogen (secondary N) is 1.